The van der Waals surface area contributed by atoms with Gasteiger partial charge in [-0.1, -0.05) is 90.5 Å². The molecule has 1 aliphatic carbocycles. The molecule has 0 saturated carbocycles. The number of fused-ring (bicyclic) bond motifs is 1. The topological polar surface area (TPSA) is 86.5 Å². The molecule has 2 atom stereocenters. The van der Waals surface area contributed by atoms with Gasteiger partial charge >= 0.3 is 0 Å². The van der Waals surface area contributed by atoms with Gasteiger partial charge in [0.15, 0.2) is 12.2 Å². The van der Waals surface area contributed by atoms with Gasteiger partial charge in [-0.2, -0.15) is 0 Å². The van der Waals surface area contributed by atoms with Crippen LogP contribution in [0.2, 0.25) is 0 Å². The number of ether oxygens (including phenoxy) is 2. The van der Waals surface area contributed by atoms with Crippen LogP contribution in [-0.4, -0.2) is 10.9 Å². The van der Waals surface area contributed by atoms with E-state index >= 15 is 0 Å². The minimum absolute atomic E-state index is 0.222. The molecule has 5 aromatic rings. The van der Waals surface area contributed by atoms with Gasteiger partial charge in [0.1, 0.15) is 17.2 Å². The van der Waals surface area contributed by atoms with Gasteiger partial charge in [0, 0.05) is 28.6 Å². The molecule has 1 heterocycles. The summed E-state index contributed by atoms with van der Waals surface area (Å²) in [6.45, 7) is 0. The average Bonchev–Trinajstić information content (AvgIpc) is 3.02. The number of halogens is 1. The van der Waals surface area contributed by atoms with Crippen molar-refractivity contribution in [2.24, 2.45) is 5.73 Å². The number of hydrogen-bond acceptors (Lipinski definition) is 5. The highest BCUT2D eigenvalue weighted by atomic mass is 35.5. The maximum absolute atomic E-state index is 11.9. The molecular formula is C34H26ClN3O3. The Kier molecular flexibility index (Phi) is 7.39. The molecule has 0 aliphatic heterocycles. The summed E-state index contributed by atoms with van der Waals surface area (Å²) < 4.78 is 13.0. The van der Waals surface area contributed by atoms with Crippen molar-refractivity contribution in [2.45, 2.75) is 12.2 Å². The Morgan fingerprint density at radius 3 is 1.88 bits per heavy atom. The average molecular weight is 560 g/mol. The molecule has 1 aliphatic rings. The SMILES string of the molecule is NC(=O)c1ncccc1-c1ccc(NC2=C(Cl)C(Oc3ccccc3)c3ccccc3C2Oc2ccccc2)cc1. The molecule has 0 radical (unpaired) electrons. The number of rotatable bonds is 8. The van der Waals surface area contributed by atoms with Crippen LogP contribution in [0, 0.1) is 0 Å². The molecule has 6 rings (SSSR count). The summed E-state index contributed by atoms with van der Waals surface area (Å²) in [5, 5.41) is 4.00. The summed E-state index contributed by atoms with van der Waals surface area (Å²) in [5.74, 6) is 0.841. The van der Waals surface area contributed by atoms with Crippen LogP contribution >= 0.6 is 11.6 Å². The highest BCUT2D eigenvalue weighted by molar-refractivity contribution is 6.31. The number of hydrogen-bond donors (Lipinski definition) is 2. The van der Waals surface area contributed by atoms with E-state index in [0.717, 1.165) is 22.4 Å². The number of nitrogens with one attached hydrogen (secondary N) is 1. The lowest BCUT2D eigenvalue weighted by atomic mass is 9.89. The summed E-state index contributed by atoms with van der Waals surface area (Å²) in [6, 6.07) is 38.5. The lowest BCUT2D eigenvalue weighted by Gasteiger charge is -2.34. The maximum Gasteiger partial charge on any atom is 0.267 e. The number of pyridine rings is 1. The second kappa shape index (κ2) is 11.6. The molecule has 41 heavy (non-hydrogen) atoms. The Morgan fingerprint density at radius 1 is 0.707 bits per heavy atom. The van der Waals surface area contributed by atoms with Crippen LogP contribution in [0.25, 0.3) is 11.1 Å². The largest absolute Gasteiger partial charge is 0.480 e. The number of aromatic nitrogens is 1. The van der Waals surface area contributed by atoms with Crippen LogP contribution < -0.4 is 20.5 Å². The molecule has 2 unspecified atom stereocenters. The minimum Gasteiger partial charge on any atom is -0.480 e. The van der Waals surface area contributed by atoms with Crippen molar-refractivity contribution >= 4 is 23.2 Å². The Hall–Kier alpha value is -5.07. The highest BCUT2D eigenvalue weighted by Gasteiger charge is 2.37. The lowest BCUT2D eigenvalue weighted by molar-refractivity contribution is 0.0996. The minimum atomic E-state index is -0.578. The number of benzene rings is 4. The van der Waals surface area contributed by atoms with E-state index in [1.165, 1.54) is 0 Å². The van der Waals surface area contributed by atoms with Gasteiger partial charge in [-0.05, 0) is 48.0 Å². The van der Waals surface area contributed by atoms with E-state index in [1.807, 2.05) is 115 Å². The maximum atomic E-state index is 11.9. The molecule has 1 aromatic heterocycles. The van der Waals surface area contributed by atoms with E-state index in [1.54, 1.807) is 12.3 Å². The second-order valence-corrected chi connectivity index (χ2v) is 9.89. The van der Waals surface area contributed by atoms with Crippen molar-refractivity contribution in [3.05, 3.63) is 155 Å². The smallest absolute Gasteiger partial charge is 0.267 e. The van der Waals surface area contributed by atoms with Gasteiger partial charge in [-0.15, -0.1) is 0 Å². The monoisotopic (exact) mass is 559 g/mol. The third kappa shape index (κ3) is 5.51. The number of para-hydroxylation sites is 2. The number of carbonyl (C=O) groups excluding carboxylic acids is 1. The first-order chi connectivity index (χ1) is 20.1. The van der Waals surface area contributed by atoms with E-state index in [9.17, 15) is 4.79 Å². The standard InChI is InChI=1S/C34H26ClN3O3/c35-29-31(38-23-19-17-22(18-20-23)26-16-9-21-37-30(26)34(36)39)33(41-25-12-5-2-6-13-25)28-15-8-7-14-27(28)32(29)40-24-10-3-1-4-11-24/h1-21,32-33,38H,(H2,36,39). The van der Waals surface area contributed by atoms with Gasteiger partial charge in [0.25, 0.3) is 5.91 Å². The van der Waals surface area contributed by atoms with Crippen molar-refractivity contribution in [3.63, 3.8) is 0 Å². The quantitative estimate of drug-likeness (QED) is 0.204. The van der Waals surface area contributed by atoms with Crippen molar-refractivity contribution in [1.82, 2.24) is 4.98 Å². The Morgan fingerprint density at radius 2 is 1.27 bits per heavy atom. The van der Waals surface area contributed by atoms with Crippen LogP contribution in [-0.2, 0) is 0 Å². The molecule has 0 bridgehead atoms. The third-order valence-corrected chi connectivity index (χ3v) is 7.22. The molecule has 1 amide bonds. The molecule has 4 aromatic carbocycles. The van der Waals surface area contributed by atoms with Crippen LogP contribution in [0.1, 0.15) is 33.8 Å². The summed E-state index contributed by atoms with van der Waals surface area (Å²) in [4.78, 5) is 16.1. The summed E-state index contributed by atoms with van der Waals surface area (Å²) >= 11 is 7.17. The van der Waals surface area contributed by atoms with Crippen molar-refractivity contribution in [2.75, 3.05) is 5.32 Å². The first kappa shape index (κ1) is 26.2. The number of nitrogens with two attached hydrogens (primary N) is 1. The zero-order valence-corrected chi connectivity index (χ0v) is 22.7. The molecule has 7 heteroatoms. The fourth-order valence-electron chi connectivity index (χ4n) is 4.90. The predicted molar refractivity (Wildman–Crippen MR) is 161 cm³/mol. The molecular weight excluding hydrogens is 534 g/mol. The van der Waals surface area contributed by atoms with Crippen molar-refractivity contribution in [3.8, 4) is 22.6 Å². The van der Waals surface area contributed by atoms with Crippen LogP contribution in [0.3, 0.4) is 0 Å². The van der Waals surface area contributed by atoms with E-state index in [4.69, 9.17) is 26.8 Å². The normalized spacial score (nSPS) is 16.0. The number of carbonyl (C=O) groups is 1. The van der Waals surface area contributed by atoms with E-state index in [0.29, 0.717) is 27.8 Å². The van der Waals surface area contributed by atoms with Crippen molar-refractivity contribution < 1.29 is 14.3 Å². The van der Waals surface area contributed by atoms with Crippen LogP contribution in [0.4, 0.5) is 5.69 Å². The molecule has 3 N–H and O–H groups in total. The first-order valence-corrected chi connectivity index (χ1v) is 13.5. The zero-order chi connectivity index (χ0) is 28.2. The number of anilines is 1. The first-order valence-electron chi connectivity index (χ1n) is 13.1. The number of amides is 1. The molecule has 0 saturated heterocycles. The summed E-state index contributed by atoms with van der Waals surface area (Å²) in [6.07, 6.45) is 0.493. The number of primary amides is 1. The highest BCUT2D eigenvalue weighted by Crippen LogP contribution is 2.46. The van der Waals surface area contributed by atoms with E-state index < -0.39 is 18.1 Å². The zero-order valence-electron chi connectivity index (χ0n) is 21.9. The molecule has 0 spiro atoms. The van der Waals surface area contributed by atoms with Crippen molar-refractivity contribution in [1.29, 1.82) is 0 Å². The van der Waals surface area contributed by atoms with Crippen LogP contribution in [0.5, 0.6) is 11.5 Å². The predicted octanol–water partition coefficient (Wildman–Crippen LogP) is 7.66. The van der Waals surface area contributed by atoms with Gasteiger partial charge in [-0.3, -0.25) is 9.78 Å². The van der Waals surface area contributed by atoms with E-state index in [2.05, 4.69) is 10.3 Å². The van der Waals surface area contributed by atoms with Gasteiger partial charge < -0.3 is 20.5 Å². The van der Waals surface area contributed by atoms with Gasteiger partial charge in [0.2, 0.25) is 0 Å². The van der Waals surface area contributed by atoms with Crippen LogP contribution in [0.15, 0.2) is 138 Å². The number of nitrogens with zero attached hydrogens (tertiary/aromatic N) is 1. The molecule has 0 fully saturated rings. The fourth-order valence-corrected chi connectivity index (χ4v) is 5.21. The van der Waals surface area contributed by atoms with Gasteiger partial charge in [-0.25, -0.2) is 0 Å². The summed E-state index contributed by atoms with van der Waals surface area (Å²) in [5.41, 5.74) is 10.6. The second-order valence-electron chi connectivity index (χ2n) is 9.48. The Balaban J connectivity index is 1.39. The lowest BCUT2D eigenvalue weighted by Crippen LogP contribution is -2.27. The molecule has 202 valence electrons. The molecule has 6 nitrogen and oxygen atoms in total. The fraction of sp³-hybridized carbons (Fsp3) is 0.0588. The Bertz CT molecular complexity index is 1710. The Labute approximate surface area is 243 Å². The van der Waals surface area contributed by atoms with Gasteiger partial charge in [0.05, 0.1) is 10.7 Å². The van der Waals surface area contributed by atoms with E-state index in [-0.39, 0.29) is 5.69 Å². The summed E-state index contributed by atoms with van der Waals surface area (Å²) in [7, 11) is 0. The third-order valence-electron chi connectivity index (χ3n) is 6.82.